The molecule has 2 aromatic carbocycles. The maximum Gasteiger partial charge on any atom is 0.0686 e. The number of anilines is 1. The van der Waals surface area contributed by atoms with Crippen LogP contribution in [0.25, 0.3) is 16.6 Å². The molecule has 3 aromatic rings. The number of nitrogens with two attached hydrogens (primary N) is 1. The van der Waals surface area contributed by atoms with Gasteiger partial charge in [0.1, 0.15) is 0 Å². The minimum Gasteiger partial charge on any atom is -0.397 e. The van der Waals surface area contributed by atoms with Crippen molar-refractivity contribution in [1.82, 2.24) is 4.57 Å². The van der Waals surface area contributed by atoms with Crippen LogP contribution in [0.4, 0.5) is 5.69 Å². The molecule has 17 heavy (non-hydrogen) atoms. The van der Waals surface area contributed by atoms with Crippen molar-refractivity contribution in [1.29, 1.82) is 0 Å². The molecule has 1 heterocycles. The van der Waals surface area contributed by atoms with E-state index < -0.39 is 0 Å². The van der Waals surface area contributed by atoms with Crippen LogP contribution in [0.1, 0.15) is 0 Å². The summed E-state index contributed by atoms with van der Waals surface area (Å²) >= 11 is 5.91. The second kappa shape index (κ2) is 3.82. The van der Waals surface area contributed by atoms with Gasteiger partial charge in [0.05, 0.1) is 16.9 Å². The Bertz CT molecular complexity index is 686. The van der Waals surface area contributed by atoms with Crippen molar-refractivity contribution in [2.45, 2.75) is 0 Å². The lowest BCUT2D eigenvalue weighted by molar-refractivity contribution is 1.13. The average molecular weight is 243 g/mol. The highest BCUT2D eigenvalue weighted by Crippen LogP contribution is 2.26. The molecule has 0 fully saturated rings. The van der Waals surface area contributed by atoms with E-state index in [1.165, 1.54) is 5.39 Å². The van der Waals surface area contributed by atoms with Gasteiger partial charge in [-0.2, -0.15) is 0 Å². The second-order valence-electron chi connectivity index (χ2n) is 3.95. The molecule has 0 aliphatic rings. The summed E-state index contributed by atoms with van der Waals surface area (Å²) in [5, 5.41) is 1.85. The van der Waals surface area contributed by atoms with Gasteiger partial charge < -0.3 is 10.3 Å². The van der Waals surface area contributed by atoms with Crippen LogP contribution < -0.4 is 5.73 Å². The molecule has 2 N–H and O–H groups in total. The summed E-state index contributed by atoms with van der Waals surface area (Å²) in [7, 11) is 0. The molecule has 0 bridgehead atoms. The van der Waals surface area contributed by atoms with Crippen LogP contribution in [0.2, 0.25) is 5.02 Å². The van der Waals surface area contributed by atoms with E-state index in [0.717, 1.165) is 11.2 Å². The Morgan fingerprint density at radius 1 is 1.00 bits per heavy atom. The van der Waals surface area contributed by atoms with Crippen LogP contribution in [-0.4, -0.2) is 4.57 Å². The highest BCUT2D eigenvalue weighted by Gasteiger charge is 2.05. The molecule has 0 aliphatic carbocycles. The van der Waals surface area contributed by atoms with Crippen molar-refractivity contribution in [3.63, 3.8) is 0 Å². The maximum absolute atomic E-state index is 6.00. The molecule has 3 rings (SSSR count). The first kappa shape index (κ1) is 10.2. The van der Waals surface area contributed by atoms with Crippen molar-refractivity contribution in [3.05, 3.63) is 59.8 Å². The summed E-state index contributed by atoms with van der Waals surface area (Å²) in [6.45, 7) is 0. The van der Waals surface area contributed by atoms with E-state index in [2.05, 4.69) is 22.8 Å². The first-order chi connectivity index (χ1) is 8.25. The lowest BCUT2D eigenvalue weighted by atomic mass is 10.2. The van der Waals surface area contributed by atoms with Crippen molar-refractivity contribution in [3.8, 4) is 5.69 Å². The van der Waals surface area contributed by atoms with Gasteiger partial charge in [0.25, 0.3) is 0 Å². The molecule has 3 heteroatoms. The first-order valence-electron chi connectivity index (χ1n) is 5.37. The predicted octanol–water partition coefficient (Wildman–Crippen LogP) is 3.87. The average Bonchev–Trinajstić information content (AvgIpc) is 2.73. The largest absolute Gasteiger partial charge is 0.397 e. The molecular formula is C14H11ClN2. The minimum atomic E-state index is 0.655. The van der Waals surface area contributed by atoms with Gasteiger partial charge in [0.15, 0.2) is 0 Å². The highest BCUT2D eigenvalue weighted by atomic mass is 35.5. The van der Waals surface area contributed by atoms with Crippen LogP contribution in [0.15, 0.2) is 54.7 Å². The zero-order valence-electron chi connectivity index (χ0n) is 9.10. The Kier molecular flexibility index (Phi) is 2.30. The number of nitrogens with zero attached hydrogens (tertiary/aromatic N) is 1. The summed E-state index contributed by atoms with van der Waals surface area (Å²) in [6.07, 6.45) is 2.02. The molecular weight excluding hydrogens is 232 g/mol. The standard InChI is InChI=1S/C14H11ClN2/c15-11-5-6-14(12(16)9-11)17-8-7-10-3-1-2-4-13(10)17/h1-9H,16H2. The molecule has 0 saturated heterocycles. The Labute approximate surface area is 104 Å². The molecule has 0 aliphatic heterocycles. The lowest BCUT2D eigenvalue weighted by Crippen LogP contribution is -1.97. The zero-order chi connectivity index (χ0) is 11.8. The molecule has 0 amide bonds. The number of aromatic nitrogens is 1. The number of halogens is 1. The Hall–Kier alpha value is -1.93. The third kappa shape index (κ3) is 1.67. The second-order valence-corrected chi connectivity index (χ2v) is 4.38. The summed E-state index contributed by atoms with van der Waals surface area (Å²) in [6, 6.07) is 15.8. The maximum atomic E-state index is 6.00. The molecule has 1 aromatic heterocycles. The van der Waals surface area contributed by atoms with E-state index in [1.807, 2.05) is 30.5 Å². The van der Waals surface area contributed by atoms with Crippen molar-refractivity contribution in [2.75, 3.05) is 5.73 Å². The van der Waals surface area contributed by atoms with Crippen LogP contribution >= 0.6 is 11.6 Å². The fraction of sp³-hybridized carbons (Fsp3) is 0. The molecule has 0 spiro atoms. The topological polar surface area (TPSA) is 30.9 Å². The van der Waals surface area contributed by atoms with Gasteiger partial charge in [0.2, 0.25) is 0 Å². The third-order valence-electron chi connectivity index (χ3n) is 2.85. The summed E-state index contributed by atoms with van der Waals surface area (Å²) < 4.78 is 2.07. The van der Waals surface area contributed by atoms with E-state index >= 15 is 0 Å². The van der Waals surface area contributed by atoms with Gasteiger partial charge in [-0.3, -0.25) is 0 Å². The number of para-hydroxylation sites is 1. The van der Waals surface area contributed by atoms with E-state index in [0.29, 0.717) is 10.7 Å². The zero-order valence-corrected chi connectivity index (χ0v) is 9.85. The lowest BCUT2D eigenvalue weighted by Gasteiger charge is -2.09. The molecule has 0 radical (unpaired) electrons. The van der Waals surface area contributed by atoms with Gasteiger partial charge in [-0.15, -0.1) is 0 Å². The van der Waals surface area contributed by atoms with E-state index in [9.17, 15) is 0 Å². The Balaban J connectivity index is 2.27. The SMILES string of the molecule is Nc1cc(Cl)ccc1-n1ccc2ccccc21. The monoisotopic (exact) mass is 242 g/mol. The van der Waals surface area contributed by atoms with Gasteiger partial charge in [-0.05, 0) is 35.7 Å². The molecule has 84 valence electrons. The van der Waals surface area contributed by atoms with Gasteiger partial charge in [-0.1, -0.05) is 29.8 Å². The Morgan fingerprint density at radius 2 is 1.82 bits per heavy atom. The number of hydrogen-bond donors (Lipinski definition) is 1. The molecule has 0 atom stereocenters. The van der Waals surface area contributed by atoms with E-state index in [-0.39, 0.29) is 0 Å². The summed E-state index contributed by atoms with van der Waals surface area (Å²) in [5.74, 6) is 0. The van der Waals surface area contributed by atoms with E-state index in [1.54, 1.807) is 6.07 Å². The third-order valence-corrected chi connectivity index (χ3v) is 3.08. The smallest absolute Gasteiger partial charge is 0.0686 e. The van der Waals surface area contributed by atoms with E-state index in [4.69, 9.17) is 17.3 Å². The van der Waals surface area contributed by atoms with Crippen molar-refractivity contribution in [2.24, 2.45) is 0 Å². The highest BCUT2D eigenvalue weighted by molar-refractivity contribution is 6.30. The number of rotatable bonds is 1. The first-order valence-corrected chi connectivity index (χ1v) is 5.75. The summed E-state index contributed by atoms with van der Waals surface area (Å²) in [5.41, 5.74) is 8.77. The molecule has 2 nitrogen and oxygen atoms in total. The predicted molar refractivity (Wildman–Crippen MR) is 72.7 cm³/mol. The van der Waals surface area contributed by atoms with Crippen molar-refractivity contribution < 1.29 is 0 Å². The number of nitrogen functional groups attached to an aromatic ring is 1. The number of hydrogen-bond acceptors (Lipinski definition) is 1. The van der Waals surface area contributed by atoms with Gasteiger partial charge >= 0.3 is 0 Å². The fourth-order valence-corrected chi connectivity index (χ4v) is 2.22. The minimum absolute atomic E-state index is 0.655. The molecule has 0 saturated carbocycles. The van der Waals surface area contributed by atoms with Crippen LogP contribution in [-0.2, 0) is 0 Å². The fourth-order valence-electron chi connectivity index (χ4n) is 2.04. The van der Waals surface area contributed by atoms with Crippen LogP contribution in [0.5, 0.6) is 0 Å². The van der Waals surface area contributed by atoms with Gasteiger partial charge in [0, 0.05) is 11.2 Å². The van der Waals surface area contributed by atoms with Crippen molar-refractivity contribution >= 4 is 28.2 Å². The normalized spacial score (nSPS) is 10.9. The molecule has 0 unspecified atom stereocenters. The Morgan fingerprint density at radius 3 is 2.65 bits per heavy atom. The number of benzene rings is 2. The van der Waals surface area contributed by atoms with Crippen LogP contribution in [0, 0.1) is 0 Å². The van der Waals surface area contributed by atoms with Crippen LogP contribution in [0.3, 0.4) is 0 Å². The number of fused-ring (bicyclic) bond motifs is 1. The van der Waals surface area contributed by atoms with Gasteiger partial charge in [-0.25, -0.2) is 0 Å². The quantitative estimate of drug-likeness (QED) is 0.646. The summed E-state index contributed by atoms with van der Waals surface area (Å²) in [4.78, 5) is 0.